The van der Waals surface area contributed by atoms with Crippen molar-refractivity contribution in [1.82, 2.24) is 19.7 Å². The summed E-state index contributed by atoms with van der Waals surface area (Å²) in [5.41, 5.74) is 4.55. The molecule has 2 aromatic rings. The van der Waals surface area contributed by atoms with Crippen LogP contribution in [0.2, 0.25) is 0 Å². The summed E-state index contributed by atoms with van der Waals surface area (Å²) in [7, 11) is 0. The molecule has 30 heavy (non-hydrogen) atoms. The molecule has 0 bridgehead atoms. The number of hydrogen-bond donors (Lipinski definition) is 1. The average molecular weight is 427 g/mol. The average Bonchev–Trinajstić information content (AvgIpc) is 3.09. The molecule has 1 unspecified atom stereocenters. The summed E-state index contributed by atoms with van der Waals surface area (Å²) in [5, 5.41) is 6.19. The van der Waals surface area contributed by atoms with E-state index in [4.69, 9.17) is 12.2 Å². The second-order valence-electron chi connectivity index (χ2n) is 9.02. The predicted molar refractivity (Wildman–Crippen MR) is 131 cm³/mol. The van der Waals surface area contributed by atoms with Crippen LogP contribution in [0.1, 0.15) is 64.0 Å². The minimum Gasteiger partial charge on any atom is -0.359 e. The lowest BCUT2D eigenvalue weighted by Gasteiger charge is -2.47. The van der Waals surface area contributed by atoms with Gasteiger partial charge in [0.25, 0.3) is 0 Å². The van der Waals surface area contributed by atoms with E-state index in [0.29, 0.717) is 18.0 Å². The maximum atomic E-state index is 5.76. The first-order valence-electron chi connectivity index (χ1n) is 12.0. The maximum Gasteiger partial charge on any atom is 0.169 e. The molecule has 1 N–H and O–H groups in total. The van der Waals surface area contributed by atoms with Crippen LogP contribution in [-0.4, -0.2) is 57.7 Å². The lowest BCUT2D eigenvalue weighted by atomic mass is 9.74. The monoisotopic (exact) mass is 426 g/mol. The van der Waals surface area contributed by atoms with Crippen molar-refractivity contribution >= 4 is 28.2 Å². The SMILES string of the molecule is CCCN1C[C@@H](NC(=S)N(CC)CC)CC2c3cccc4c3c(cn4CCC)C[C@H]21. The highest BCUT2D eigenvalue weighted by Gasteiger charge is 2.41. The first kappa shape index (κ1) is 21.6. The minimum absolute atomic E-state index is 0.417. The Morgan fingerprint density at radius 3 is 2.60 bits per heavy atom. The third-order valence-electron chi connectivity index (χ3n) is 7.13. The molecule has 1 aliphatic heterocycles. The van der Waals surface area contributed by atoms with E-state index in [1.807, 2.05) is 0 Å². The van der Waals surface area contributed by atoms with E-state index in [2.05, 4.69) is 71.8 Å². The third kappa shape index (κ3) is 3.87. The van der Waals surface area contributed by atoms with Crippen LogP contribution in [0.4, 0.5) is 0 Å². The van der Waals surface area contributed by atoms with Gasteiger partial charge in [-0.3, -0.25) is 4.90 Å². The summed E-state index contributed by atoms with van der Waals surface area (Å²) in [4.78, 5) is 5.01. The van der Waals surface area contributed by atoms with Gasteiger partial charge in [0, 0.05) is 61.3 Å². The number of fused-ring (bicyclic) bond motifs is 2. The van der Waals surface area contributed by atoms with Crippen molar-refractivity contribution in [2.24, 2.45) is 0 Å². The Labute approximate surface area is 187 Å². The molecule has 0 amide bonds. The zero-order valence-corrected chi connectivity index (χ0v) is 20.0. The van der Waals surface area contributed by atoms with E-state index >= 15 is 0 Å². The molecule has 3 atom stereocenters. The molecule has 1 aromatic heterocycles. The van der Waals surface area contributed by atoms with Crippen molar-refractivity contribution in [1.29, 1.82) is 0 Å². The van der Waals surface area contributed by atoms with Crippen LogP contribution in [0.5, 0.6) is 0 Å². The first-order chi connectivity index (χ1) is 14.6. The summed E-state index contributed by atoms with van der Waals surface area (Å²) >= 11 is 5.76. The van der Waals surface area contributed by atoms with E-state index in [0.717, 1.165) is 31.3 Å². The molecule has 1 aliphatic carbocycles. The molecule has 4 nitrogen and oxygen atoms in total. The van der Waals surface area contributed by atoms with Gasteiger partial charge < -0.3 is 14.8 Å². The van der Waals surface area contributed by atoms with Gasteiger partial charge in [-0.25, -0.2) is 0 Å². The number of nitrogens with one attached hydrogen (secondary N) is 1. The fourth-order valence-corrected chi connectivity index (χ4v) is 6.25. The number of benzene rings is 1. The number of nitrogens with zero attached hydrogens (tertiary/aromatic N) is 3. The van der Waals surface area contributed by atoms with Crippen LogP contribution in [0, 0.1) is 0 Å². The number of aryl methyl sites for hydroxylation is 1. The highest BCUT2D eigenvalue weighted by molar-refractivity contribution is 7.80. The Hall–Kier alpha value is -1.59. The first-order valence-corrected chi connectivity index (χ1v) is 12.4. The van der Waals surface area contributed by atoms with Crippen molar-refractivity contribution in [2.45, 2.75) is 77.9 Å². The molecular weight excluding hydrogens is 388 g/mol. The van der Waals surface area contributed by atoms with Gasteiger partial charge in [0.2, 0.25) is 0 Å². The molecule has 0 spiro atoms. The zero-order valence-electron chi connectivity index (χ0n) is 19.2. The number of aromatic nitrogens is 1. The predicted octanol–water partition coefficient (Wildman–Crippen LogP) is 4.76. The molecule has 2 aliphatic rings. The van der Waals surface area contributed by atoms with E-state index < -0.39 is 0 Å². The molecular formula is C25H38N4S. The highest BCUT2D eigenvalue weighted by atomic mass is 32.1. The van der Waals surface area contributed by atoms with Crippen molar-refractivity contribution in [3.8, 4) is 0 Å². The van der Waals surface area contributed by atoms with Gasteiger partial charge in [-0.2, -0.15) is 0 Å². The van der Waals surface area contributed by atoms with Crippen LogP contribution >= 0.6 is 12.2 Å². The van der Waals surface area contributed by atoms with Crippen molar-refractivity contribution in [2.75, 3.05) is 26.2 Å². The molecule has 0 radical (unpaired) electrons. The Kier molecular flexibility index (Phi) is 6.69. The number of hydrogen-bond acceptors (Lipinski definition) is 2. The fraction of sp³-hybridized carbons (Fsp3) is 0.640. The molecule has 2 heterocycles. The molecule has 5 heteroatoms. The summed E-state index contributed by atoms with van der Waals surface area (Å²) in [6.45, 7) is 14.2. The van der Waals surface area contributed by atoms with Crippen LogP contribution in [-0.2, 0) is 13.0 Å². The number of likely N-dealkylation sites (tertiary alicyclic amines) is 1. The summed E-state index contributed by atoms with van der Waals surface area (Å²) in [5.74, 6) is 0.580. The lowest BCUT2D eigenvalue weighted by molar-refractivity contribution is 0.104. The van der Waals surface area contributed by atoms with E-state index in [1.165, 1.54) is 43.1 Å². The zero-order chi connectivity index (χ0) is 21.3. The molecule has 0 saturated carbocycles. The summed E-state index contributed by atoms with van der Waals surface area (Å²) in [6, 6.07) is 8.02. The van der Waals surface area contributed by atoms with Gasteiger partial charge in [0.05, 0.1) is 0 Å². The van der Waals surface area contributed by atoms with Gasteiger partial charge in [-0.05, 0) is 75.5 Å². The van der Waals surface area contributed by atoms with Crippen LogP contribution < -0.4 is 5.32 Å². The quantitative estimate of drug-likeness (QED) is 0.645. The Morgan fingerprint density at radius 1 is 1.13 bits per heavy atom. The Bertz CT molecular complexity index is 885. The summed E-state index contributed by atoms with van der Waals surface area (Å²) in [6.07, 6.45) is 7.17. The van der Waals surface area contributed by atoms with E-state index in [1.54, 1.807) is 11.1 Å². The number of thiocarbonyl (C=S) groups is 1. The van der Waals surface area contributed by atoms with E-state index in [-0.39, 0.29) is 0 Å². The van der Waals surface area contributed by atoms with Gasteiger partial charge >= 0.3 is 0 Å². The molecule has 164 valence electrons. The van der Waals surface area contributed by atoms with Crippen LogP contribution in [0.15, 0.2) is 24.4 Å². The normalized spacial score (nSPS) is 23.4. The van der Waals surface area contributed by atoms with Gasteiger partial charge in [0.1, 0.15) is 0 Å². The lowest BCUT2D eigenvalue weighted by Crippen LogP contribution is -2.57. The summed E-state index contributed by atoms with van der Waals surface area (Å²) < 4.78 is 2.49. The Morgan fingerprint density at radius 2 is 1.90 bits per heavy atom. The van der Waals surface area contributed by atoms with Crippen molar-refractivity contribution in [3.63, 3.8) is 0 Å². The molecule has 1 saturated heterocycles. The topological polar surface area (TPSA) is 23.4 Å². The van der Waals surface area contributed by atoms with Crippen LogP contribution in [0.3, 0.4) is 0 Å². The highest BCUT2D eigenvalue weighted by Crippen LogP contribution is 2.44. The van der Waals surface area contributed by atoms with Crippen LogP contribution in [0.25, 0.3) is 10.9 Å². The maximum absolute atomic E-state index is 5.76. The van der Waals surface area contributed by atoms with Crippen molar-refractivity contribution in [3.05, 3.63) is 35.5 Å². The smallest absolute Gasteiger partial charge is 0.169 e. The standard InChI is InChI=1S/C25H38N4S/c1-5-12-28-16-18-14-23-21(20-10-9-11-22(28)24(18)20)15-19(17-29(23)13-6-2)26-25(30)27(7-3)8-4/h9-11,16,19,21,23H,5-8,12-15,17H2,1-4H3,(H,26,30)/t19-,21?,23+/m0/s1. The number of piperidine rings is 1. The van der Waals surface area contributed by atoms with Gasteiger partial charge in [0.15, 0.2) is 5.11 Å². The van der Waals surface area contributed by atoms with Gasteiger partial charge in [-0.15, -0.1) is 0 Å². The minimum atomic E-state index is 0.417. The fourth-order valence-electron chi connectivity index (χ4n) is 5.83. The van der Waals surface area contributed by atoms with Gasteiger partial charge in [-0.1, -0.05) is 26.0 Å². The number of rotatable bonds is 7. The molecule has 1 fully saturated rings. The van der Waals surface area contributed by atoms with Crippen molar-refractivity contribution < 1.29 is 0 Å². The third-order valence-corrected chi connectivity index (χ3v) is 7.50. The largest absolute Gasteiger partial charge is 0.359 e. The second-order valence-corrected chi connectivity index (χ2v) is 9.40. The van der Waals surface area contributed by atoms with E-state index in [9.17, 15) is 0 Å². The Balaban J connectivity index is 1.66. The molecule has 4 rings (SSSR count). The molecule has 1 aromatic carbocycles. The second kappa shape index (κ2) is 9.27.